The molecule has 5 rings (SSSR count). The minimum Gasteiger partial charge on any atom is -0.491 e. The number of nitriles is 1. The van der Waals surface area contributed by atoms with Crippen LogP contribution in [0.2, 0.25) is 0 Å². The standard InChI is InChI=1S/C33H40N4O7S2/c1-36(2)45(39,40)32-8-4-6-30(20-32)43-24-29(38)22-35-28-21-33(44-23-28)14-17-37(18-15-33)46(41,42)31-7-3-5-27(19-31)26-11-9-25(10-12-26)13-16-34/h3-12,19-20,28-29,35,38H,13-15,17-18,21-24H2,1-2H3/t28?,29-/m0/s1. The predicted octanol–water partition coefficient (Wildman–Crippen LogP) is 3.01. The Hall–Kier alpha value is -3.35. The molecule has 246 valence electrons. The summed E-state index contributed by atoms with van der Waals surface area (Å²) in [5.41, 5.74) is 2.17. The van der Waals surface area contributed by atoms with Gasteiger partial charge in [-0.15, -0.1) is 0 Å². The van der Waals surface area contributed by atoms with Crippen molar-refractivity contribution < 1.29 is 31.4 Å². The fourth-order valence-electron chi connectivity index (χ4n) is 5.84. The Bertz CT molecular complexity index is 1770. The molecule has 2 fully saturated rings. The first kappa shape index (κ1) is 34.0. The smallest absolute Gasteiger partial charge is 0.243 e. The molecule has 2 atom stereocenters. The maximum absolute atomic E-state index is 13.6. The van der Waals surface area contributed by atoms with Crippen molar-refractivity contribution in [3.8, 4) is 22.9 Å². The van der Waals surface area contributed by atoms with Crippen molar-refractivity contribution in [2.24, 2.45) is 0 Å². The van der Waals surface area contributed by atoms with E-state index in [1.54, 1.807) is 30.3 Å². The molecule has 46 heavy (non-hydrogen) atoms. The van der Waals surface area contributed by atoms with Crippen molar-refractivity contribution in [3.05, 3.63) is 78.4 Å². The van der Waals surface area contributed by atoms with Crippen molar-refractivity contribution in [1.82, 2.24) is 13.9 Å². The zero-order valence-electron chi connectivity index (χ0n) is 26.0. The van der Waals surface area contributed by atoms with E-state index < -0.39 is 31.8 Å². The Balaban J connectivity index is 1.10. The van der Waals surface area contributed by atoms with Gasteiger partial charge in [-0.3, -0.25) is 0 Å². The molecule has 0 aromatic heterocycles. The lowest BCUT2D eigenvalue weighted by Gasteiger charge is -2.38. The molecule has 2 aliphatic rings. The first-order chi connectivity index (χ1) is 21.9. The molecule has 3 aromatic carbocycles. The Morgan fingerprint density at radius 3 is 2.41 bits per heavy atom. The van der Waals surface area contributed by atoms with Gasteiger partial charge in [0.05, 0.1) is 34.5 Å². The minimum absolute atomic E-state index is 0.00241. The van der Waals surface area contributed by atoms with Crippen molar-refractivity contribution in [2.45, 2.75) is 53.2 Å². The molecule has 1 unspecified atom stereocenters. The van der Waals surface area contributed by atoms with E-state index in [0.717, 1.165) is 21.0 Å². The maximum atomic E-state index is 13.6. The predicted molar refractivity (Wildman–Crippen MR) is 173 cm³/mol. The lowest BCUT2D eigenvalue weighted by atomic mass is 9.88. The van der Waals surface area contributed by atoms with Crippen LogP contribution in [0.25, 0.3) is 11.1 Å². The number of sulfonamides is 2. The third-order valence-electron chi connectivity index (χ3n) is 8.55. The largest absolute Gasteiger partial charge is 0.491 e. The SMILES string of the molecule is CN(C)S(=O)(=O)c1cccc(OC[C@@H](O)CNC2COC3(CCN(S(=O)(=O)c4cccc(-c5ccc(CC#N)cc5)c4)CC3)C2)c1. The van der Waals surface area contributed by atoms with Crippen molar-refractivity contribution in [2.75, 3.05) is 46.9 Å². The fourth-order valence-corrected chi connectivity index (χ4v) is 8.26. The summed E-state index contributed by atoms with van der Waals surface area (Å²) in [7, 11) is -4.37. The molecule has 0 amide bonds. The normalized spacial score (nSPS) is 19.2. The first-order valence-electron chi connectivity index (χ1n) is 15.2. The summed E-state index contributed by atoms with van der Waals surface area (Å²) in [4.78, 5) is 0.360. The highest BCUT2D eigenvalue weighted by atomic mass is 32.2. The van der Waals surface area contributed by atoms with Crippen LogP contribution in [-0.2, 0) is 31.2 Å². The number of nitrogens with one attached hydrogen (secondary N) is 1. The van der Waals surface area contributed by atoms with Crippen LogP contribution in [0.5, 0.6) is 5.75 Å². The van der Waals surface area contributed by atoms with Crippen molar-refractivity contribution in [3.63, 3.8) is 0 Å². The molecular formula is C33H40N4O7S2. The lowest BCUT2D eigenvalue weighted by Crippen LogP contribution is -2.47. The first-order valence-corrected chi connectivity index (χ1v) is 18.1. The second-order valence-corrected chi connectivity index (χ2v) is 16.1. The van der Waals surface area contributed by atoms with Crippen LogP contribution in [0.3, 0.4) is 0 Å². The molecule has 2 N–H and O–H groups in total. The van der Waals surface area contributed by atoms with Crippen LogP contribution >= 0.6 is 0 Å². The van der Waals surface area contributed by atoms with E-state index in [9.17, 15) is 21.9 Å². The molecular weight excluding hydrogens is 629 g/mol. The molecule has 11 nitrogen and oxygen atoms in total. The molecule has 1 spiro atoms. The highest BCUT2D eigenvalue weighted by Gasteiger charge is 2.44. The van der Waals surface area contributed by atoms with Gasteiger partial charge in [0.1, 0.15) is 18.5 Å². The zero-order valence-corrected chi connectivity index (χ0v) is 27.6. The Morgan fingerprint density at radius 2 is 1.72 bits per heavy atom. The molecule has 0 saturated carbocycles. The van der Waals surface area contributed by atoms with Crippen LogP contribution in [0, 0.1) is 11.3 Å². The number of ether oxygens (including phenoxy) is 2. The molecule has 2 heterocycles. The van der Waals surface area contributed by atoms with Gasteiger partial charge in [-0.05, 0) is 60.2 Å². The second-order valence-electron chi connectivity index (χ2n) is 12.0. The topological polar surface area (TPSA) is 149 Å². The molecule has 0 radical (unpaired) electrons. The highest BCUT2D eigenvalue weighted by Crippen LogP contribution is 2.37. The van der Waals surface area contributed by atoms with Crippen LogP contribution in [-0.4, -0.2) is 95.2 Å². The number of rotatable bonds is 12. The molecule has 0 aliphatic carbocycles. The number of hydrogen-bond donors (Lipinski definition) is 2. The number of hydrogen-bond acceptors (Lipinski definition) is 9. The summed E-state index contributed by atoms with van der Waals surface area (Å²) in [6, 6.07) is 22.8. The van der Waals surface area contributed by atoms with Crippen LogP contribution < -0.4 is 10.1 Å². The van der Waals surface area contributed by atoms with E-state index in [1.165, 1.54) is 30.5 Å². The molecule has 2 saturated heterocycles. The number of aliphatic hydroxyl groups is 1. The minimum atomic E-state index is -3.70. The average molecular weight is 669 g/mol. The highest BCUT2D eigenvalue weighted by molar-refractivity contribution is 7.89. The van der Waals surface area contributed by atoms with E-state index in [1.807, 2.05) is 30.3 Å². The lowest BCUT2D eigenvalue weighted by molar-refractivity contribution is -0.0312. The maximum Gasteiger partial charge on any atom is 0.243 e. The third kappa shape index (κ3) is 7.78. The number of piperidine rings is 1. The summed E-state index contributed by atoms with van der Waals surface area (Å²) >= 11 is 0. The second kappa shape index (κ2) is 14.2. The number of nitrogens with zero attached hydrogens (tertiary/aromatic N) is 3. The van der Waals surface area contributed by atoms with Crippen molar-refractivity contribution in [1.29, 1.82) is 5.26 Å². The fraction of sp³-hybridized carbons (Fsp3) is 0.424. The van der Waals surface area contributed by atoms with Gasteiger partial charge in [-0.25, -0.2) is 21.1 Å². The van der Waals surface area contributed by atoms with Gasteiger partial charge in [-0.2, -0.15) is 9.57 Å². The van der Waals surface area contributed by atoms with E-state index in [0.29, 0.717) is 51.1 Å². The van der Waals surface area contributed by atoms with E-state index in [2.05, 4.69) is 11.4 Å². The van der Waals surface area contributed by atoms with E-state index in [-0.39, 0.29) is 29.0 Å². The zero-order chi connectivity index (χ0) is 33.0. The van der Waals surface area contributed by atoms with Gasteiger partial charge in [0.2, 0.25) is 20.0 Å². The summed E-state index contributed by atoms with van der Waals surface area (Å²) < 4.78 is 66.4. The van der Waals surface area contributed by atoms with Crippen LogP contribution in [0.4, 0.5) is 0 Å². The van der Waals surface area contributed by atoms with Gasteiger partial charge in [-0.1, -0.05) is 42.5 Å². The Labute approximate surface area is 271 Å². The quantitative estimate of drug-likeness (QED) is 0.297. The van der Waals surface area contributed by atoms with Crippen LogP contribution in [0.1, 0.15) is 24.8 Å². The van der Waals surface area contributed by atoms with Crippen LogP contribution in [0.15, 0.2) is 82.6 Å². The summed E-state index contributed by atoms with van der Waals surface area (Å²) in [5, 5.41) is 22.7. The Kier molecular flexibility index (Phi) is 10.5. The molecule has 0 bridgehead atoms. The van der Waals surface area contributed by atoms with E-state index in [4.69, 9.17) is 14.7 Å². The molecule has 2 aliphatic heterocycles. The Morgan fingerprint density at radius 1 is 1.02 bits per heavy atom. The van der Waals surface area contributed by atoms with Crippen molar-refractivity contribution >= 4 is 20.0 Å². The summed E-state index contributed by atoms with van der Waals surface area (Å²) in [6.45, 7) is 1.40. The van der Waals surface area contributed by atoms with Gasteiger partial charge in [0, 0.05) is 45.8 Å². The van der Waals surface area contributed by atoms with Gasteiger partial charge in [0.25, 0.3) is 0 Å². The monoisotopic (exact) mass is 668 g/mol. The molecule has 3 aromatic rings. The van der Waals surface area contributed by atoms with Gasteiger partial charge >= 0.3 is 0 Å². The molecule has 13 heteroatoms. The number of benzene rings is 3. The van der Waals surface area contributed by atoms with E-state index >= 15 is 0 Å². The number of aliphatic hydroxyl groups excluding tert-OH is 1. The van der Waals surface area contributed by atoms with Gasteiger partial charge < -0.3 is 19.9 Å². The summed E-state index contributed by atoms with van der Waals surface area (Å²) in [6.07, 6.45) is 1.34. The summed E-state index contributed by atoms with van der Waals surface area (Å²) in [5.74, 6) is 0.351. The third-order valence-corrected chi connectivity index (χ3v) is 12.3. The average Bonchev–Trinajstić information content (AvgIpc) is 3.45. The van der Waals surface area contributed by atoms with Gasteiger partial charge in [0.15, 0.2) is 0 Å².